The first kappa shape index (κ1) is 16.5. The van der Waals surface area contributed by atoms with Crippen molar-refractivity contribution in [2.24, 2.45) is 0 Å². The van der Waals surface area contributed by atoms with Gasteiger partial charge >= 0.3 is 0 Å². The van der Waals surface area contributed by atoms with Crippen molar-refractivity contribution in [3.05, 3.63) is 58.0 Å². The van der Waals surface area contributed by atoms with Crippen LogP contribution in [0.1, 0.15) is 56.6 Å². The van der Waals surface area contributed by atoms with Crippen LogP contribution in [0, 0.1) is 0 Å². The molecule has 4 heterocycles. The Balaban J connectivity index is 1.39. The third-order valence-electron chi connectivity index (χ3n) is 5.26. The van der Waals surface area contributed by atoms with Crippen molar-refractivity contribution in [2.45, 2.75) is 37.8 Å². The lowest BCUT2D eigenvalue weighted by Gasteiger charge is -2.23. The third kappa shape index (κ3) is 3.02. The molecular formula is C20H20N4O2S. The van der Waals surface area contributed by atoms with Gasteiger partial charge in [0.05, 0.1) is 28.2 Å². The van der Waals surface area contributed by atoms with E-state index in [1.54, 1.807) is 10.7 Å². The smallest absolute Gasteiger partial charge is 0.261 e. The topological polar surface area (TPSA) is 66.7 Å². The molecule has 3 aromatic heterocycles. The predicted molar refractivity (Wildman–Crippen MR) is 103 cm³/mol. The molecule has 1 aliphatic carbocycles. The molecule has 1 atom stereocenters. The Kier molecular flexibility index (Phi) is 3.97. The molecule has 6 nitrogen and oxygen atoms in total. The molecule has 27 heavy (non-hydrogen) atoms. The summed E-state index contributed by atoms with van der Waals surface area (Å²) in [7, 11) is 0. The second kappa shape index (κ2) is 6.49. The maximum Gasteiger partial charge on any atom is 0.261 e. The van der Waals surface area contributed by atoms with Crippen LogP contribution < -0.4 is 5.32 Å². The Morgan fingerprint density at radius 3 is 2.89 bits per heavy atom. The molecular weight excluding hydrogens is 360 g/mol. The Hall–Kier alpha value is -2.67. The highest BCUT2D eigenvalue weighted by Gasteiger charge is 2.33. The summed E-state index contributed by atoms with van der Waals surface area (Å²) in [6.07, 6.45) is 7.54. The molecule has 0 aromatic carbocycles. The summed E-state index contributed by atoms with van der Waals surface area (Å²) in [5.41, 5.74) is 1.45. The molecule has 1 unspecified atom stereocenters. The van der Waals surface area contributed by atoms with Crippen LogP contribution in [0.2, 0.25) is 0 Å². The minimum absolute atomic E-state index is 0.00671. The van der Waals surface area contributed by atoms with Crippen LogP contribution in [-0.4, -0.2) is 38.9 Å². The molecule has 2 fully saturated rings. The molecule has 0 spiro atoms. The molecule has 7 heteroatoms. The van der Waals surface area contributed by atoms with Crippen LogP contribution in [0.3, 0.4) is 0 Å². The van der Waals surface area contributed by atoms with Crippen LogP contribution in [0.15, 0.2) is 42.7 Å². The summed E-state index contributed by atoms with van der Waals surface area (Å²) in [4.78, 5) is 29.2. The highest BCUT2D eigenvalue weighted by Crippen LogP contribution is 2.37. The number of hydrogen-bond donors (Lipinski definition) is 1. The number of pyridine rings is 1. The van der Waals surface area contributed by atoms with Gasteiger partial charge in [-0.25, -0.2) is 4.52 Å². The molecule has 5 rings (SSSR count). The second-order valence-electron chi connectivity index (χ2n) is 7.20. The van der Waals surface area contributed by atoms with Gasteiger partial charge in [0, 0.05) is 23.7 Å². The number of nitrogens with one attached hydrogen (secondary N) is 1. The van der Waals surface area contributed by atoms with Crippen molar-refractivity contribution in [3.8, 4) is 0 Å². The number of carbonyl (C=O) groups excluding carboxylic acids is 2. The van der Waals surface area contributed by atoms with Gasteiger partial charge in [-0.05, 0) is 49.9 Å². The first-order chi connectivity index (χ1) is 13.2. The van der Waals surface area contributed by atoms with Crippen molar-refractivity contribution in [2.75, 3.05) is 6.54 Å². The fourth-order valence-electron chi connectivity index (χ4n) is 3.70. The molecule has 2 amide bonds. The van der Waals surface area contributed by atoms with Crippen LogP contribution in [0.4, 0.5) is 0 Å². The van der Waals surface area contributed by atoms with Gasteiger partial charge < -0.3 is 10.2 Å². The summed E-state index contributed by atoms with van der Waals surface area (Å²) < 4.78 is 1.73. The van der Waals surface area contributed by atoms with Crippen LogP contribution in [-0.2, 0) is 0 Å². The highest BCUT2D eigenvalue weighted by atomic mass is 32.1. The normalized spacial score (nSPS) is 19.6. The molecule has 1 saturated heterocycles. The fourth-order valence-corrected chi connectivity index (χ4v) is 4.76. The fraction of sp³-hybridized carbons (Fsp3) is 0.350. The van der Waals surface area contributed by atoms with Crippen LogP contribution in [0.25, 0.3) is 5.52 Å². The minimum atomic E-state index is 0.00671. The number of thiophene rings is 1. The lowest BCUT2D eigenvalue weighted by molar-refractivity contribution is 0.0739. The number of nitrogens with zero attached hydrogens (tertiary/aromatic N) is 3. The van der Waals surface area contributed by atoms with E-state index in [1.165, 1.54) is 11.3 Å². The molecule has 1 saturated carbocycles. The summed E-state index contributed by atoms with van der Waals surface area (Å²) in [5, 5.41) is 7.32. The van der Waals surface area contributed by atoms with Gasteiger partial charge in [0.1, 0.15) is 0 Å². The van der Waals surface area contributed by atoms with Crippen LogP contribution >= 0.6 is 11.3 Å². The zero-order valence-corrected chi connectivity index (χ0v) is 15.6. The number of hydrogen-bond acceptors (Lipinski definition) is 4. The zero-order chi connectivity index (χ0) is 18.4. The van der Waals surface area contributed by atoms with E-state index in [-0.39, 0.29) is 17.9 Å². The average Bonchev–Trinajstić information content (AvgIpc) is 3.12. The number of rotatable bonds is 4. The Morgan fingerprint density at radius 2 is 2.04 bits per heavy atom. The number of fused-ring (bicyclic) bond motifs is 1. The van der Waals surface area contributed by atoms with Crippen molar-refractivity contribution in [1.82, 2.24) is 19.8 Å². The van der Waals surface area contributed by atoms with E-state index in [2.05, 4.69) is 10.4 Å². The third-order valence-corrected chi connectivity index (χ3v) is 6.45. The average molecular weight is 380 g/mol. The Morgan fingerprint density at radius 1 is 1.15 bits per heavy atom. The predicted octanol–water partition coefficient (Wildman–Crippen LogP) is 3.27. The van der Waals surface area contributed by atoms with Gasteiger partial charge in [0.25, 0.3) is 11.8 Å². The van der Waals surface area contributed by atoms with Crippen molar-refractivity contribution >= 4 is 28.7 Å². The molecule has 138 valence electrons. The monoisotopic (exact) mass is 380 g/mol. The van der Waals surface area contributed by atoms with Crippen molar-refractivity contribution in [3.63, 3.8) is 0 Å². The van der Waals surface area contributed by atoms with Gasteiger partial charge in [-0.15, -0.1) is 11.3 Å². The quantitative estimate of drug-likeness (QED) is 0.755. The van der Waals surface area contributed by atoms with E-state index in [4.69, 9.17) is 0 Å². The maximum absolute atomic E-state index is 13.2. The van der Waals surface area contributed by atoms with Gasteiger partial charge in [-0.1, -0.05) is 6.07 Å². The molecule has 0 radical (unpaired) electrons. The molecule has 0 bridgehead atoms. The van der Waals surface area contributed by atoms with Crippen LogP contribution in [0.5, 0.6) is 0 Å². The summed E-state index contributed by atoms with van der Waals surface area (Å²) in [5.74, 6) is 0.0170. The van der Waals surface area contributed by atoms with Gasteiger partial charge in [-0.2, -0.15) is 5.10 Å². The maximum atomic E-state index is 13.2. The number of carbonyl (C=O) groups is 2. The van der Waals surface area contributed by atoms with Crippen molar-refractivity contribution in [1.29, 1.82) is 0 Å². The lowest BCUT2D eigenvalue weighted by atomic mass is 10.1. The molecule has 1 N–H and O–H groups in total. The summed E-state index contributed by atoms with van der Waals surface area (Å²) in [6, 6.07) is 9.99. The first-order valence-electron chi connectivity index (χ1n) is 9.34. The summed E-state index contributed by atoms with van der Waals surface area (Å²) in [6.45, 7) is 0.731. The van der Waals surface area contributed by atoms with E-state index < -0.39 is 0 Å². The van der Waals surface area contributed by atoms with Gasteiger partial charge in [0.2, 0.25) is 0 Å². The molecule has 3 aromatic rings. The number of aromatic nitrogens is 2. The largest absolute Gasteiger partial charge is 0.349 e. The van der Waals surface area contributed by atoms with E-state index in [9.17, 15) is 9.59 Å². The Labute approximate surface area is 160 Å². The Bertz CT molecular complexity index is 1020. The second-order valence-corrected chi connectivity index (χ2v) is 8.31. The number of likely N-dealkylation sites (tertiary alicyclic amines) is 1. The first-order valence-corrected chi connectivity index (χ1v) is 10.2. The summed E-state index contributed by atoms with van der Waals surface area (Å²) >= 11 is 1.50. The zero-order valence-electron chi connectivity index (χ0n) is 14.8. The SMILES string of the molecule is O=C(NC1CC1)c1ccc(C2CCCN2C(=O)c2cnn3ccccc23)s1. The number of amides is 2. The van der Waals surface area contributed by atoms with Crippen molar-refractivity contribution < 1.29 is 9.59 Å². The van der Waals surface area contributed by atoms with E-state index in [0.717, 1.165) is 47.5 Å². The van der Waals surface area contributed by atoms with E-state index in [0.29, 0.717) is 11.6 Å². The standard InChI is InChI=1S/C20H20N4O2S/c25-19(22-13-6-7-13)18-9-8-17(27-18)16-5-3-10-23(16)20(26)14-12-21-24-11-2-1-4-15(14)24/h1-2,4,8-9,11-13,16H,3,5-7,10H2,(H,22,25). The highest BCUT2D eigenvalue weighted by molar-refractivity contribution is 7.14. The molecule has 1 aliphatic heterocycles. The molecule has 2 aliphatic rings. The van der Waals surface area contributed by atoms with Gasteiger partial charge in [-0.3, -0.25) is 9.59 Å². The van der Waals surface area contributed by atoms with E-state index in [1.807, 2.05) is 41.4 Å². The minimum Gasteiger partial charge on any atom is -0.349 e. The van der Waals surface area contributed by atoms with E-state index >= 15 is 0 Å². The van der Waals surface area contributed by atoms with Gasteiger partial charge in [0.15, 0.2) is 0 Å². The lowest BCUT2D eigenvalue weighted by Crippen LogP contribution is -2.30.